The molecule has 4 nitrogen and oxygen atoms in total. The molecule has 1 aromatic heterocycles. The Hall–Kier alpha value is -2.32. The van der Waals surface area contributed by atoms with Crippen molar-refractivity contribution in [1.29, 1.82) is 0 Å². The predicted octanol–water partition coefficient (Wildman–Crippen LogP) is 4.92. The summed E-state index contributed by atoms with van der Waals surface area (Å²) >= 11 is 3.32. The number of ether oxygens (including phenoxy) is 1. The third kappa shape index (κ3) is 4.25. The fourth-order valence-corrected chi connectivity index (χ4v) is 2.92. The third-order valence-electron chi connectivity index (χ3n) is 3.64. The Kier molecular flexibility index (Phi) is 5.33. The summed E-state index contributed by atoms with van der Waals surface area (Å²) in [5, 5.41) is 13.6. The standard InChI is InChI=1S/C18H14BrF3N2O2/c19-15-10-24(23-16(15)11-25)13-6-2-1-5-12(9-13)14-7-3-4-8-17(14)26-18(20,21)22/h1,3-10,25H,2,11H2. The molecule has 0 bridgehead atoms. The van der Waals surface area contributed by atoms with E-state index in [1.807, 2.05) is 12.2 Å². The van der Waals surface area contributed by atoms with Crippen molar-refractivity contribution >= 4 is 27.2 Å². The molecule has 0 atom stereocenters. The van der Waals surface area contributed by atoms with Crippen molar-refractivity contribution in [2.75, 3.05) is 0 Å². The molecule has 0 saturated carbocycles. The molecular formula is C18H14BrF3N2O2. The van der Waals surface area contributed by atoms with Crippen LogP contribution in [0, 0.1) is 0 Å². The lowest BCUT2D eigenvalue weighted by atomic mass is 10.0. The van der Waals surface area contributed by atoms with Gasteiger partial charge in [-0.05, 0) is 40.1 Å². The van der Waals surface area contributed by atoms with E-state index in [0.717, 1.165) is 0 Å². The zero-order chi connectivity index (χ0) is 18.7. The van der Waals surface area contributed by atoms with Gasteiger partial charge in [-0.25, -0.2) is 4.68 Å². The zero-order valence-corrected chi connectivity index (χ0v) is 15.0. The Morgan fingerprint density at radius 1 is 1.27 bits per heavy atom. The number of allylic oxidation sites excluding steroid dienone is 6. The van der Waals surface area contributed by atoms with Crippen LogP contribution in [0.4, 0.5) is 13.2 Å². The first-order valence-corrected chi connectivity index (χ1v) is 8.45. The van der Waals surface area contributed by atoms with Gasteiger partial charge in [0.15, 0.2) is 0 Å². The van der Waals surface area contributed by atoms with Crippen LogP contribution in [-0.4, -0.2) is 21.2 Å². The zero-order valence-electron chi connectivity index (χ0n) is 13.4. The van der Waals surface area contributed by atoms with Crippen LogP contribution in [0.3, 0.4) is 0 Å². The van der Waals surface area contributed by atoms with Gasteiger partial charge in [-0.15, -0.1) is 13.2 Å². The van der Waals surface area contributed by atoms with Gasteiger partial charge in [-0.2, -0.15) is 5.10 Å². The highest BCUT2D eigenvalue weighted by Gasteiger charge is 2.32. The summed E-state index contributed by atoms with van der Waals surface area (Å²) < 4.78 is 44.4. The van der Waals surface area contributed by atoms with Crippen molar-refractivity contribution in [2.24, 2.45) is 0 Å². The molecule has 0 radical (unpaired) electrons. The molecule has 1 aromatic carbocycles. The quantitative estimate of drug-likeness (QED) is 0.754. The molecule has 1 aliphatic carbocycles. The number of aliphatic hydroxyl groups excluding tert-OH is 1. The highest BCUT2D eigenvalue weighted by Crippen LogP contribution is 2.33. The minimum absolute atomic E-state index is 0.224. The average molecular weight is 427 g/mol. The second-order valence-electron chi connectivity index (χ2n) is 5.44. The van der Waals surface area contributed by atoms with E-state index in [0.29, 0.717) is 33.4 Å². The molecule has 2 aromatic rings. The number of alkyl halides is 3. The molecule has 0 spiro atoms. The second-order valence-corrected chi connectivity index (χ2v) is 6.29. The molecule has 8 heteroatoms. The lowest BCUT2D eigenvalue weighted by Crippen LogP contribution is -2.18. The van der Waals surface area contributed by atoms with Crippen LogP contribution in [0.2, 0.25) is 0 Å². The summed E-state index contributed by atoms with van der Waals surface area (Å²) in [5.74, 6) is -0.269. The van der Waals surface area contributed by atoms with Crippen molar-refractivity contribution in [1.82, 2.24) is 9.78 Å². The highest BCUT2D eigenvalue weighted by molar-refractivity contribution is 9.10. The van der Waals surface area contributed by atoms with Crippen molar-refractivity contribution in [3.63, 3.8) is 0 Å². The van der Waals surface area contributed by atoms with Crippen LogP contribution in [0.25, 0.3) is 11.3 Å². The lowest BCUT2D eigenvalue weighted by molar-refractivity contribution is -0.274. The highest BCUT2D eigenvalue weighted by atomic mass is 79.9. The maximum atomic E-state index is 12.7. The van der Waals surface area contributed by atoms with Crippen LogP contribution in [0.15, 0.2) is 59.2 Å². The normalized spacial score (nSPS) is 14.7. The van der Waals surface area contributed by atoms with Crippen LogP contribution >= 0.6 is 15.9 Å². The molecule has 1 N–H and O–H groups in total. The Balaban J connectivity index is 2.02. The van der Waals surface area contributed by atoms with Gasteiger partial charge >= 0.3 is 6.36 Å². The predicted molar refractivity (Wildman–Crippen MR) is 95.0 cm³/mol. The molecule has 0 saturated heterocycles. The number of aromatic nitrogens is 2. The molecule has 26 heavy (non-hydrogen) atoms. The Morgan fingerprint density at radius 3 is 2.73 bits per heavy atom. The van der Waals surface area contributed by atoms with Gasteiger partial charge in [0.1, 0.15) is 11.4 Å². The van der Waals surface area contributed by atoms with Crippen LogP contribution in [0.5, 0.6) is 5.75 Å². The van der Waals surface area contributed by atoms with Crippen molar-refractivity contribution in [2.45, 2.75) is 19.4 Å². The number of aliphatic hydroxyl groups is 1. The molecular weight excluding hydrogens is 413 g/mol. The third-order valence-corrected chi connectivity index (χ3v) is 4.30. The maximum absolute atomic E-state index is 12.7. The fraction of sp³-hybridized carbons (Fsp3) is 0.167. The number of nitrogens with zero attached hydrogens (tertiary/aromatic N) is 2. The minimum Gasteiger partial charge on any atom is -0.405 e. The van der Waals surface area contributed by atoms with Crippen LogP contribution < -0.4 is 4.74 Å². The van der Waals surface area contributed by atoms with E-state index >= 15 is 0 Å². The summed E-state index contributed by atoms with van der Waals surface area (Å²) in [5.41, 5.74) is 2.03. The number of benzene rings is 1. The van der Waals surface area contributed by atoms with Crippen molar-refractivity contribution in [3.8, 4) is 5.75 Å². The first-order chi connectivity index (χ1) is 12.4. The summed E-state index contributed by atoms with van der Waals surface area (Å²) in [6, 6.07) is 5.98. The summed E-state index contributed by atoms with van der Waals surface area (Å²) in [7, 11) is 0. The summed E-state index contributed by atoms with van der Waals surface area (Å²) in [6.45, 7) is -0.224. The summed E-state index contributed by atoms with van der Waals surface area (Å²) in [6.07, 6.45) is 4.70. The Labute approximate surface area is 156 Å². The molecule has 3 rings (SSSR count). The SMILES string of the molecule is OCc1nn(C2=CCC=CC(c3ccccc3OC(F)(F)F)=C2)cc1Br. The van der Waals surface area contributed by atoms with Crippen molar-refractivity contribution in [3.05, 3.63) is 70.5 Å². The smallest absolute Gasteiger partial charge is 0.405 e. The molecule has 0 unspecified atom stereocenters. The van der Waals surface area contributed by atoms with Gasteiger partial charge in [-0.1, -0.05) is 36.4 Å². The number of rotatable bonds is 4. The van der Waals surface area contributed by atoms with Crippen LogP contribution in [-0.2, 0) is 6.61 Å². The molecule has 136 valence electrons. The van der Waals surface area contributed by atoms with E-state index in [4.69, 9.17) is 0 Å². The van der Waals surface area contributed by atoms with E-state index in [2.05, 4.69) is 25.8 Å². The Bertz CT molecular complexity index is 898. The minimum atomic E-state index is -4.77. The summed E-state index contributed by atoms with van der Waals surface area (Å²) in [4.78, 5) is 0. The van der Waals surface area contributed by atoms with E-state index in [1.165, 1.54) is 12.1 Å². The van der Waals surface area contributed by atoms with Gasteiger partial charge < -0.3 is 9.84 Å². The average Bonchev–Trinajstić information content (AvgIpc) is 2.80. The van der Waals surface area contributed by atoms with Crippen molar-refractivity contribution < 1.29 is 23.0 Å². The molecule has 0 aliphatic heterocycles. The molecule has 0 amide bonds. The molecule has 0 fully saturated rings. The molecule has 1 aliphatic rings. The first kappa shape index (κ1) is 18.5. The van der Waals surface area contributed by atoms with E-state index < -0.39 is 6.36 Å². The lowest BCUT2D eigenvalue weighted by Gasteiger charge is -2.14. The number of para-hydroxylation sites is 1. The number of hydrogen-bond acceptors (Lipinski definition) is 3. The monoisotopic (exact) mass is 426 g/mol. The van der Waals surface area contributed by atoms with Crippen LogP contribution in [0.1, 0.15) is 17.7 Å². The van der Waals surface area contributed by atoms with Gasteiger partial charge in [-0.3, -0.25) is 0 Å². The van der Waals surface area contributed by atoms with Gasteiger partial charge in [0.25, 0.3) is 0 Å². The largest absolute Gasteiger partial charge is 0.573 e. The second kappa shape index (κ2) is 7.51. The first-order valence-electron chi connectivity index (χ1n) is 7.66. The van der Waals surface area contributed by atoms with Gasteiger partial charge in [0.2, 0.25) is 0 Å². The van der Waals surface area contributed by atoms with E-state index in [1.54, 1.807) is 35.2 Å². The number of hydrogen-bond donors (Lipinski definition) is 1. The fourth-order valence-electron chi connectivity index (χ4n) is 2.52. The molecule has 1 heterocycles. The number of halogens is 4. The Morgan fingerprint density at radius 2 is 2.04 bits per heavy atom. The van der Waals surface area contributed by atoms with E-state index in [-0.39, 0.29) is 12.4 Å². The van der Waals surface area contributed by atoms with Gasteiger partial charge in [0, 0.05) is 11.8 Å². The van der Waals surface area contributed by atoms with E-state index in [9.17, 15) is 18.3 Å². The van der Waals surface area contributed by atoms with Gasteiger partial charge in [0.05, 0.1) is 16.8 Å². The maximum Gasteiger partial charge on any atom is 0.573 e. The topological polar surface area (TPSA) is 47.3 Å².